The van der Waals surface area contributed by atoms with Crippen molar-refractivity contribution in [2.75, 3.05) is 0 Å². The highest BCUT2D eigenvalue weighted by molar-refractivity contribution is 5.31. The first-order valence-electron chi connectivity index (χ1n) is 11.7. The lowest BCUT2D eigenvalue weighted by molar-refractivity contribution is -0.185. The molecule has 0 aromatic heterocycles. The van der Waals surface area contributed by atoms with E-state index in [1.54, 1.807) is 24.3 Å². The van der Waals surface area contributed by atoms with Gasteiger partial charge >= 0.3 is 6.11 Å². The summed E-state index contributed by atoms with van der Waals surface area (Å²) in [6.45, 7) is 2.16. The molecule has 0 heterocycles. The third-order valence-electron chi connectivity index (χ3n) is 5.77. The summed E-state index contributed by atoms with van der Waals surface area (Å²) >= 11 is 0. The van der Waals surface area contributed by atoms with Crippen LogP contribution in [-0.4, -0.2) is 0 Å². The van der Waals surface area contributed by atoms with Crippen LogP contribution in [0.2, 0.25) is 0 Å². The molecule has 182 valence electrons. The van der Waals surface area contributed by atoms with E-state index in [9.17, 15) is 22.0 Å². The third kappa shape index (κ3) is 7.31. The monoisotopic (exact) mass is 476 g/mol. The zero-order valence-electron chi connectivity index (χ0n) is 19.2. The predicted octanol–water partition coefficient (Wildman–Crippen LogP) is 8.53. The zero-order chi connectivity index (χ0) is 24.6. The molecule has 0 aliphatic rings. The lowest BCUT2D eigenvalue weighted by Gasteiger charge is -2.19. The van der Waals surface area contributed by atoms with Crippen molar-refractivity contribution in [1.82, 2.24) is 0 Å². The highest BCUT2D eigenvalue weighted by Gasteiger charge is 2.34. The van der Waals surface area contributed by atoms with Gasteiger partial charge in [0.05, 0.1) is 5.56 Å². The Morgan fingerprint density at radius 2 is 1.18 bits per heavy atom. The van der Waals surface area contributed by atoms with Crippen molar-refractivity contribution in [2.45, 2.75) is 64.4 Å². The van der Waals surface area contributed by atoms with Crippen LogP contribution < -0.4 is 4.74 Å². The lowest BCUT2D eigenvalue weighted by atomic mass is 10.0. The Balaban J connectivity index is 1.53. The summed E-state index contributed by atoms with van der Waals surface area (Å²) in [6, 6.07) is 14.2. The Kier molecular flexibility index (Phi) is 9.08. The van der Waals surface area contributed by atoms with E-state index in [0.717, 1.165) is 42.5 Å². The van der Waals surface area contributed by atoms with Crippen LogP contribution in [0.15, 0.2) is 60.7 Å². The van der Waals surface area contributed by atoms with Crippen molar-refractivity contribution in [3.05, 3.63) is 100 Å². The van der Waals surface area contributed by atoms with Gasteiger partial charge in [0, 0.05) is 0 Å². The summed E-state index contributed by atoms with van der Waals surface area (Å²) in [5.41, 5.74) is 1.89. The summed E-state index contributed by atoms with van der Waals surface area (Å²) < 4.78 is 73.9. The molecule has 3 aromatic rings. The molecule has 0 fully saturated rings. The van der Waals surface area contributed by atoms with Crippen molar-refractivity contribution in [2.24, 2.45) is 0 Å². The number of ether oxygens (including phenoxy) is 1. The minimum absolute atomic E-state index is 0.00706. The van der Waals surface area contributed by atoms with Gasteiger partial charge in [-0.05, 0) is 78.8 Å². The number of rotatable bonds is 12. The van der Waals surface area contributed by atoms with E-state index in [0.29, 0.717) is 12.0 Å². The van der Waals surface area contributed by atoms with Gasteiger partial charge in [0.1, 0.15) is 5.75 Å². The van der Waals surface area contributed by atoms with Crippen LogP contribution >= 0.6 is 0 Å². The number of hydrogen-bond donors (Lipinski definition) is 0. The molecule has 0 aliphatic heterocycles. The molecule has 6 heteroatoms. The van der Waals surface area contributed by atoms with Crippen molar-refractivity contribution in [3.63, 3.8) is 0 Å². The van der Waals surface area contributed by atoms with Gasteiger partial charge in [-0.25, -0.2) is 13.2 Å². The Hall–Kier alpha value is -2.89. The van der Waals surface area contributed by atoms with Gasteiger partial charge in [-0.2, -0.15) is 8.78 Å². The van der Waals surface area contributed by atoms with E-state index in [2.05, 4.69) is 6.92 Å². The second-order valence-corrected chi connectivity index (χ2v) is 8.50. The van der Waals surface area contributed by atoms with Gasteiger partial charge in [-0.1, -0.05) is 56.9 Å². The third-order valence-corrected chi connectivity index (χ3v) is 5.77. The summed E-state index contributed by atoms with van der Waals surface area (Å²) in [6.07, 6.45) is 3.85. The first kappa shape index (κ1) is 25.7. The Morgan fingerprint density at radius 3 is 1.79 bits per heavy atom. The molecular formula is C28H29F5O. The van der Waals surface area contributed by atoms with Crippen molar-refractivity contribution in [3.8, 4) is 5.75 Å². The van der Waals surface area contributed by atoms with E-state index in [4.69, 9.17) is 4.74 Å². The number of aryl methyl sites for hydroxylation is 3. The van der Waals surface area contributed by atoms with Gasteiger partial charge in [0.25, 0.3) is 0 Å². The van der Waals surface area contributed by atoms with Crippen molar-refractivity contribution < 1.29 is 26.7 Å². The Bertz CT molecular complexity index is 1020. The average Bonchev–Trinajstić information content (AvgIpc) is 2.82. The van der Waals surface area contributed by atoms with Crippen LogP contribution in [0.4, 0.5) is 22.0 Å². The molecule has 0 N–H and O–H groups in total. The molecule has 0 radical (unpaired) electrons. The Labute approximate surface area is 197 Å². The minimum Gasteiger partial charge on any atom is -0.429 e. The van der Waals surface area contributed by atoms with Crippen LogP contribution in [0.3, 0.4) is 0 Å². The Morgan fingerprint density at radius 1 is 0.647 bits per heavy atom. The van der Waals surface area contributed by atoms with Crippen LogP contribution in [0.25, 0.3) is 0 Å². The number of hydrogen-bond acceptors (Lipinski definition) is 1. The topological polar surface area (TPSA) is 9.23 Å². The van der Waals surface area contributed by atoms with Crippen LogP contribution in [0.5, 0.6) is 5.75 Å². The summed E-state index contributed by atoms with van der Waals surface area (Å²) in [5, 5.41) is 0. The SMILES string of the molecule is CCCCCCCc1ccc(C(F)(F)Oc2ccc(CCc3cc(F)c(F)c(F)c3)cc2)cc1. The van der Waals surface area contributed by atoms with E-state index < -0.39 is 23.6 Å². The van der Waals surface area contributed by atoms with Crippen molar-refractivity contribution in [1.29, 1.82) is 0 Å². The molecule has 3 rings (SSSR count). The number of alkyl halides is 2. The molecule has 0 amide bonds. The van der Waals surface area contributed by atoms with Gasteiger partial charge < -0.3 is 4.74 Å². The molecule has 34 heavy (non-hydrogen) atoms. The quantitative estimate of drug-likeness (QED) is 0.145. The minimum atomic E-state index is -3.48. The number of benzene rings is 3. The number of unbranched alkanes of at least 4 members (excludes halogenated alkanes) is 4. The van der Waals surface area contributed by atoms with Gasteiger partial charge in [0.15, 0.2) is 17.5 Å². The smallest absolute Gasteiger partial charge is 0.426 e. The molecule has 0 atom stereocenters. The molecule has 0 saturated carbocycles. The largest absolute Gasteiger partial charge is 0.429 e. The van der Waals surface area contributed by atoms with E-state index in [-0.39, 0.29) is 17.7 Å². The molecular weight excluding hydrogens is 447 g/mol. The van der Waals surface area contributed by atoms with Crippen molar-refractivity contribution >= 4 is 0 Å². The molecule has 0 unspecified atom stereocenters. The van der Waals surface area contributed by atoms with Gasteiger partial charge in [-0.3, -0.25) is 0 Å². The molecule has 0 spiro atoms. The van der Waals surface area contributed by atoms with E-state index in [1.807, 2.05) is 0 Å². The molecule has 0 saturated heterocycles. The fourth-order valence-corrected chi connectivity index (χ4v) is 3.77. The maximum Gasteiger partial charge on any atom is 0.426 e. The average molecular weight is 477 g/mol. The number of halogens is 5. The lowest BCUT2D eigenvalue weighted by Crippen LogP contribution is -2.21. The van der Waals surface area contributed by atoms with E-state index >= 15 is 0 Å². The predicted molar refractivity (Wildman–Crippen MR) is 124 cm³/mol. The first-order valence-corrected chi connectivity index (χ1v) is 11.7. The standard InChI is InChI=1S/C28H29F5O/c1-2-3-4-5-6-7-20-10-14-23(15-11-20)28(32,33)34-24-16-12-21(13-17-24)8-9-22-18-25(29)27(31)26(30)19-22/h10-19H,2-9H2,1H3. The maximum atomic E-state index is 14.6. The van der Waals surface area contributed by atoms with Crippen LogP contribution in [0.1, 0.15) is 61.3 Å². The highest BCUT2D eigenvalue weighted by atomic mass is 19.3. The normalized spacial score (nSPS) is 11.6. The molecule has 0 bridgehead atoms. The second kappa shape index (κ2) is 12.0. The van der Waals surface area contributed by atoms with Gasteiger partial charge in [0.2, 0.25) is 0 Å². The first-order chi connectivity index (χ1) is 16.3. The zero-order valence-corrected chi connectivity index (χ0v) is 19.2. The maximum absolute atomic E-state index is 14.6. The second-order valence-electron chi connectivity index (χ2n) is 8.50. The van der Waals surface area contributed by atoms with E-state index in [1.165, 1.54) is 43.5 Å². The van der Waals surface area contributed by atoms with Crippen LogP contribution in [0, 0.1) is 17.5 Å². The molecule has 0 aliphatic carbocycles. The fourth-order valence-electron chi connectivity index (χ4n) is 3.77. The fraction of sp³-hybridized carbons (Fsp3) is 0.357. The summed E-state index contributed by atoms with van der Waals surface area (Å²) in [5.74, 6) is -3.96. The summed E-state index contributed by atoms with van der Waals surface area (Å²) in [4.78, 5) is 0. The van der Waals surface area contributed by atoms with Gasteiger partial charge in [-0.15, -0.1) is 0 Å². The van der Waals surface area contributed by atoms with Crippen LogP contribution in [-0.2, 0) is 25.4 Å². The molecule has 3 aromatic carbocycles. The molecule has 1 nitrogen and oxygen atoms in total. The highest BCUT2D eigenvalue weighted by Crippen LogP contribution is 2.32. The summed E-state index contributed by atoms with van der Waals surface area (Å²) in [7, 11) is 0.